The van der Waals surface area contributed by atoms with Crippen molar-refractivity contribution in [3.05, 3.63) is 70.3 Å². The van der Waals surface area contributed by atoms with E-state index in [0.29, 0.717) is 27.1 Å². The number of carbonyl (C=O) groups is 1. The summed E-state index contributed by atoms with van der Waals surface area (Å²) in [5.74, 6) is -0.198. The van der Waals surface area contributed by atoms with Crippen LogP contribution in [0.4, 0.5) is 0 Å². The Bertz CT molecular complexity index is 904. The second-order valence-corrected chi connectivity index (χ2v) is 6.73. The number of hydrogen-bond acceptors (Lipinski definition) is 2. The molecular weight excluding hydrogens is 357 g/mol. The number of rotatable bonds is 4. The summed E-state index contributed by atoms with van der Waals surface area (Å²) in [4.78, 5) is 12.6. The zero-order valence-electron chi connectivity index (χ0n) is 13.8. The van der Waals surface area contributed by atoms with Crippen molar-refractivity contribution in [3.63, 3.8) is 0 Å². The third-order valence-electron chi connectivity index (χ3n) is 3.58. The highest BCUT2D eigenvalue weighted by Crippen LogP contribution is 2.27. The molecule has 1 N–H and O–H groups in total. The van der Waals surface area contributed by atoms with Gasteiger partial charge in [-0.3, -0.25) is 4.79 Å². The van der Waals surface area contributed by atoms with E-state index in [2.05, 4.69) is 10.4 Å². The zero-order valence-corrected chi connectivity index (χ0v) is 15.3. The molecule has 1 heterocycles. The Hall–Kier alpha value is -2.30. The first-order valence-corrected chi connectivity index (χ1v) is 8.63. The molecule has 6 heteroatoms. The molecule has 0 spiro atoms. The summed E-state index contributed by atoms with van der Waals surface area (Å²) in [6, 6.07) is 16.7. The summed E-state index contributed by atoms with van der Waals surface area (Å²) >= 11 is 12.1. The number of amides is 1. The van der Waals surface area contributed by atoms with E-state index in [-0.39, 0.29) is 11.9 Å². The smallest absolute Gasteiger partial charge is 0.270 e. The lowest BCUT2D eigenvalue weighted by Gasteiger charge is -2.11. The Morgan fingerprint density at radius 1 is 1.04 bits per heavy atom. The summed E-state index contributed by atoms with van der Waals surface area (Å²) in [6.45, 7) is 3.83. The molecule has 0 aliphatic rings. The van der Waals surface area contributed by atoms with Gasteiger partial charge in [0.05, 0.1) is 21.4 Å². The van der Waals surface area contributed by atoms with Gasteiger partial charge in [-0.05, 0) is 38.1 Å². The number of nitrogens with zero attached hydrogens (tertiary/aromatic N) is 2. The molecule has 1 amide bonds. The molecule has 0 saturated heterocycles. The molecule has 128 valence electrons. The third kappa shape index (κ3) is 3.86. The van der Waals surface area contributed by atoms with Crippen LogP contribution < -0.4 is 5.32 Å². The zero-order chi connectivity index (χ0) is 18.0. The topological polar surface area (TPSA) is 46.9 Å². The molecule has 0 fully saturated rings. The van der Waals surface area contributed by atoms with Crippen molar-refractivity contribution in [2.75, 3.05) is 0 Å². The van der Waals surface area contributed by atoms with E-state index in [4.69, 9.17) is 23.2 Å². The van der Waals surface area contributed by atoms with Crippen molar-refractivity contribution in [1.29, 1.82) is 0 Å². The van der Waals surface area contributed by atoms with Crippen LogP contribution in [0.3, 0.4) is 0 Å². The normalized spacial score (nSPS) is 10.9. The van der Waals surface area contributed by atoms with Crippen LogP contribution >= 0.6 is 23.2 Å². The average Bonchev–Trinajstić information content (AvgIpc) is 3.03. The van der Waals surface area contributed by atoms with E-state index in [1.165, 1.54) is 0 Å². The number of nitrogens with one attached hydrogen (secondary N) is 1. The number of hydrogen-bond donors (Lipinski definition) is 1. The maximum absolute atomic E-state index is 12.6. The maximum atomic E-state index is 12.6. The maximum Gasteiger partial charge on any atom is 0.270 e. The van der Waals surface area contributed by atoms with Crippen molar-refractivity contribution in [2.24, 2.45) is 0 Å². The first-order chi connectivity index (χ1) is 12.0. The standard InChI is InChI=1S/C19H17Cl2N3O/c1-12(2)22-19(25)18-11-17(13-6-4-3-5-7-13)23-24(18)14-8-9-15(20)16(21)10-14/h3-12H,1-2H3,(H,22,25). The van der Waals surface area contributed by atoms with E-state index < -0.39 is 0 Å². The van der Waals surface area contributed by atoms with Crippen LogP contribution in [0.5, 0.6) is 0 Å². The van der Waals surface area contributed by atoms with Gasteiger partial charge < -0.3 is 5.32 Å². The largest absolute Gasteiger partial charge is 0.349 e. The van der Waals surface area contributed by atoms with Crippen molar-refractivity contribution in [2.45, 2.75) is 19.9 Å². The molecule has 0 atom stereocenters. The summed E-state index contributed by atoms with van der Waals surface area (Å²) in [7, 11) is 0. The summed E-state index contributed by atoms with van der Waals surface area (Å²) in [5, 5.41) is 8.37. The fourth-order valence-corrected chi connectivity index (χ4v) is 2.73. The Morgan fingerprint density at radius 2 is 1.76 bits per heavy atom. The molecule has 3 rings (SSSR count). The predicted octanol–water partition coefficient (Wildman–Crippen LogP) is 4.98. The van der Waals surface area contributed by atoms with Crippen molar-refractivity contribution < 1.29 is 4.79 Å². The first kappa shape index (κ1) is 17.5. The van der Waals surface area contributed by atoms with Gasteiger partial charge >= 0.3 is 0 Å². The van der Waals surface area contributed by atoms with Crippen LogP contribution in [-0.2, 0) is 0 Å². The molecule has 0 unspecified atom stereocenters. The van der Waals surface area contributed by atoms with Gasteiger partial charge in [0.25, 0.3) is 5.91 Å². The molecule has 4 nitrogen and oxygen atoms in total. The number of benzene rings is 2. The molecule has 0 saturated carbocycles. The number of halogens is 2. The first-order valence-electron chi connectivity index (χ1n) is 7.87. The molecule has 0 radical (unpaired) electrons. The SMILES string of the molecule is CC(C)NC(=O)c1cc(-c2ccccc2)nn1-c1ccc(Cl)c(Cl)c1. The average molecular weight is 374 g/mol. The predicted molar refractivity (Wildman–Crippen MR) is 102 cm³/mol. The van der Waals surface area contributed by atoms with Crippen molar-refractivity contribution in [1.82, 2.24) is 15.1 Å². The van der Waals surface area contributed by atoms with Gasteiger partial charge in [-0.2, -0.15) is 5.10 Å². The lowest BCUT2D eigenvalue weighted by molar-refractivity contribution is 0.0935. The van der Waals surface area contributed by atoms with Crippen LogP contribution in [-0.4, -0.2) is 21.7 Å². The molecule has 3 aromatic rings. The summed E-state index contributed by atoms with van der Waals surface area (Å²) in [6.07, 6.45) is 0. The monoisotopic (exact) mass is 373 g/mol. The van der Waals surface area contributed by atoms with Crippen LogP contribution in [0.25, 0.3) is 16.9 Å². The Kier molecular flexibility index (Phi) is 5.11. The van der Waals surface area contributed by atoms with Crippen LogP contribution in [0, 0.1) is 0 Å². The van der Waals surface area contributed by atoms with Gasteiger partial charge in [0.2, 0.25) is 0 Å². The van der Waals surface area contributed by atoms with E-state index in [1.54, 1.807) is 28.9 Å². The minimum atomic E-state index is -0.198. The lowest BCUT2D eigenvalue weighted by Crippen LogP contribution is -2.31. The molecule has 0 aliphatic heterocycles. The second-order valence-electron chi connectivity index (χ2n) is 5.92. The lowest BCUT2D eigenvalue weighted by atomic mass is 10.1. The Balaban J connectivity index is 2.12. The highest BCUT2D eigenvalue weighted by molar-refractivity contribution is 6.42. The number of aromatic nitrogens is 2. The highest BCUT2D eigenvalue weighted by atomic mass is 35.5. The van der Waals surface area contributed by atoms with Crippen molar-refractivity contribution >= 4 is 29.1 Å². The molecule has 1 aromatic heterocycles. The number of carbonyl (C=O) groups excluding carboxylic acids is 1. The van der Waals surface area contributed by atoms with Crippen molar-refractivity contribution in [3.8, 4) is 16.9 Å². The quantitative estimate of drug-likeness (QED) is 0.700. The van der Waals surface area contributed by atoms with Gasteiger partial charge in [-0.25, -0.2) is 4.68 Å². The Labute approximate surface area is 156 Å². The van der Waals surface area contributed by atoms with Crippen LogP contribution in [0.1, 0.15) is 24.3 Å². The molecule has 2 aromatic carbocycles. The van der Waals surface area contributed by atoms with E-state index in [0.717, 1.165) is 5.56 Å². The minimum Gasteiger partial charge on any atom is -0.349 e. The van der Waals surface area contributed by atoms with Crippen LogP contribution in [0.15, 0.2) is 54.6 Å². The van der Waals surface area contributed by atoms with Crippen LogP contribution in [0.2, 0.25) is 10.0 Å². The Morgan fingerprint density at radius 3 is 2.40 bits per heavy atom. The van der Waals surface area contributed by atoms with Gasteiger partial charge in [-0.15, -0.1) is 0 Å². The fourth-order valence-electron chi connectivity index (χ4n) is 2.44. The molecule has 0 bridgehead atoms. The van der Waals surface area contributed by atoms with Gasteiger partial charge in [0, 0.05) is 11.6 Å². The van der Waals surface area contributed by atoms with Gasteiger partial charge in [0.1, 0.15) is 5.69 Å². The van der Waals surface area contributed by atoms with E-state index >= 15 is 0 Å². The summed E-state index contributed by atoms with van der Waals surface area (Å²) < 4.78 is 1.59. The van der Waals surface area contributed by atoms with E-state index in [9.17, 15) is 4.79 Å². The van der Waals surface area contributed by atoms with E-state index in [1.807, 2.05) is 44.2 Å². The molecule has 0 aliphatic carbocycles. The van der Waals surface area contributed by atoms with Gasteiger partial charge in [-0.1, -0.05) is 53.5 Å². The summed E-state index contributed by atoms with van der Waals surface area (Å²) in [5.41, 5.74) is 2.75. The second kappa shape index (κ2) is 7.30. The highest BCUT2D eigenvalue weighted by Gasteiger charge is 2.18. The molecule has 25 heavy (non-hydrogen) atoms. The molecular formula is C19H17Cl2N3O. The van der Waals surface area contributed by atoms with Gasteiger partial charge in [0.15, 0.2) is 0 Å². The minimum absolute atomic E-state index is 0.0184. The third-order valence-corrected chi connectivity index (χ3v) is 4.32. The fraction of sp³-hybridized carbons (Fsp3) is 0.158.